The standard InChI is InChI=1S/C19H21N3O3S/c23-17-5-2-1-4-14(17)16-12-15(18-6-3-11-26-18)20-22(16)19(24)13-21-7-9-25-10-8-21/h1-6,11,16,23H,7-10,12-13H2/p+1/t16-/m1/s1. The van der Waals surface area contributed by atoms with Gasteiger partial charge < -0.3 is 14.7 Å². The van der Waals surface area contributed by atoms with E-state index >= 15 is 0 Å². The van der Waals surface area contributed by atoms with E-state index in [-0.39, 0.29) is 17.7 Å². The number of aromatic hydroxyl groups is 1. The number of morpholine rings is 1. The second kappa shape index (κ2) is 7.57. The van der Waals surface area contributed by atoms with E-state index in [9.17, 15) is 9.90 Å². The van der Waals surface area contributed by atoms with Crippen LogP contribution in [-0.4, -0.2) is 54.6 Å². The van der Waals surface area contributed by atoms with Crippen LogP contribution in [-0.2, 0) is 9.53 Å². The Kier molecular flexibility index (Phi) is 5.01. The van der Waals surface area contributed by atoms with E-state index in [1.165, 1.54) is 4.90 Å². The van der Waals surface area contributed by atoms with Gasteiger partial charge in [-0.15, -0.1) is 11.3 Å². The molecule has 0 bridgehead atoms. The minimum atomic E-state index is -0.263. The Labute approximate surface area is 156 Å². The summed E-state index contributed by atoms with van der Waals surface area (Å²) in [6.07, 6.45) is 0.613. The molecule has 1 saturated heterocycles. The van der Waals surface area contributed by atoms with Gasteiger partial charge in [0.05, 0.1) is 29.8 Å². The van der Waals surface area contributed by atoms with Crippen LogP contribution in [0.5, 0.6) is 5.75 Å². The third-order valence-electron chi connectivity index (χ3n) is 4.87. The molecule has 1 atom stereocenters. The number of nitrogens with one attached hydrogen (secondary N) is 1. The van der Waals surface area contributed by atoms with Crippen molar-refractivity contribution in [3.05, 3.63) is 52.2 Å². The Morgan fingerprint density at radius 3 is 2.81 bits per heavy atom. The molecule has 3 heterocycles. The van der Waals surface area contributed by atoms with E-state index in [1.807, 2.05) is 29.6 Å². The van der Waals surface area contributed by atoms with Gasteiger partial charge in [-0.25, -0.2) is 5.01 Å². The zero-order valence-electron chi connectivity index (χ0n) is 14.4. The SMILES string of the molecule is O=C(C[NH+]1CCOCC1)N1N=C(c2cccs2)C[C@@H]1c1ccccc1O. The number of thiophene rings is 1. The molecule has 7 heteroatoms. The highest BCUT2D eigenvalue weighted by Crippen LogP contribution is 2.37. The molecule has 2 aromatic rings. The molecular formula is C19H22N3O3S+. The largest absolute Gasteiger partial charge is 0.508 e. The van der Waals surface area contributed by atoms with Crippen LogP contribution in [0.2, 0.25) is 0 Å². The molecule has 0 radical (unpaired) electrons. The number of hydrogen-bond donors (Lipinski definition) is 2. The van der Waals surface area contributed by atoms with Crippen LogP contribution in [0.15, 0.2) is 46.9 Å². The van der Waals surface area contributed by atoms with Crippen LogP contribution in [0, 0.1) is 0 Å². The number of phenolic OH excluding ortho intramolecular Hbond substituents is 1. The lowest BCUT2D eigenvalue weighted by Gasteiger charge is -2.27. The first-order valence-corrected chi connectivity index (χ1v) is 9.73. The molecule has 6 nitrogen and oxygen atoms in total. The summed E-state index contributed by atoms with van der Waals surface area (Å²) in [6.45, 7) is 3.45. The Hall–Kier alpha value is -2.22. The topological polar surface area (TPSA) is 66.6 Å². The predicted octanol–water partition coefficient (Wildman–Crippen LogP) is 1.05. The van der Waals surface area contributed by atoms with E-state index < -0.39 is 0 Å². The van der Waals surface area contributed by atoms with Crippen LogP contribution in [0.1, 0.15) is 22.9 Å². The number of nitrogens with zero attached hydrogens (tertiary/aromatic N) is 2. The molecule has 1 aromatic heterocycles. The lowest BCUT2D eigenvalue weighted by atomic mass is 10.00. The fraction of sp³-hybridized carbons (Fsp3) is 0.368. The average Bonchev–Trinajstić information content (AvgIpc) is 3.33. The van der Waals surface area contributed by atoms with Gasteiger partial charge in [0.15, 0.2) is 6.54 Å². The van der Waals surface area contributed by atoms with Crippen molar-refractivity contribution in [2.24, 2.45) is 5.10 Å². The first-order valence-electron chi connectivity index (χ1n) is 8.85. The summed E-state index contributed by atoms with van der Waals surface area (Å²) >= 11 is 1.62. The number of hydrogen-bond acceptors (Lipinski definition) is 5. The summed E-state index contributed by atoms with van der Waals surface area (Å²) in [5.74, 6) is 0.193. The number of phenols is 1. The van der Waals surface area contributed by atoms with Crippen molar-refractivity contribution < 1.29 is 19.5 Å². The molecule has 136 valence electrons. The number of benzene rings is 1. The van der Waals surface area contributed by atoms with Crippen LogP contribution in [0.25, 0.3) is 0 Å². The van der Waals surface area contributed by atoms with Gasteiger partial charge in [0, 0.05) is 12.0 Å². The number of rotatable bonds is 4. The molecular weight excluding hydrogens is 350 g/mol. The van der Waals surface area contributed by atoms with Crippen molar-refractivity contribution in [1.29, 1.82) is 0 Å². The molecule has 0 saturated carbocycles. The van der Waals surface area contributed by atoms with E-state index in [2.05, 4.69) is 5.10 Å². The second-order valence-corrected chi connectivity index (χ2v) is 7.53. The first-order chi connectivity index (χ1) is 12.7. The Bertz CT molecular complexity index is 800. The fourth-order valence-corrected chi connectivity index (χ4v) is 4.20. The number of amides is 1. The maximum atomic E-state index is 13.0. The average molecular weight is 372 g/mol. The summed E-state index contributed by atoms with van der Waals surface area (Å²) in [5.41, 5.74) is 1.65. The van der Waals surface area contributed by atoms with Crippen molar-refractivity contribution >= 4 is 23.0 Å². The molecule has 0 aliphatic carbocycles. The molecule has 0 unspecified atom stereocenters. The molecule has 1 amide bonds. The third kappa shape index (κ3) is 3.51. The lowest BCUT2D eigenvalue weighted by Crippen LogP contribution is -3.15. The zero-order valence-corrected chi connectivity index (χ0v) is 15.2. The van der Waals surface area contributed by atoms with Gasteiger partial charge in [-0.2, -0.15) is 5.10 Å². The maximum Gasteiger partial charge on any atom is 0.298 e. The predicted molar refractivity (Wildman–Crippen MR) is 99.5 cm³/mol. The lowest BCUT2D eigenvalue weighted by molar-refractivity contribution is -0.900. The van der Waals surface area contributed by atoms with Gasteiger partial charge in [0.25, 0.3) is 5.91 Å². The highest BCUT2D eigenvalue weighted by Gasteiger charge is 2.36. The Balaban J connectivity index is 1.60. The molecule has 2 aliphatic heterocycles. The summed E-state index contributed by atoms with van der Waals surface area (Å²) in [4.78, 5) is 15.3. The van der Waals surface area contributed by atoms with E-state index in [0.717, 1.165) is 29.2 Å². The molecule has 2 aliphatic rings. The van der Waals surface area contributed by atoms with E-state index in [1.54, 1.807) is 28.5 Å². The molecule has 2 N–H and O–H groups in total. The van der Waals surface area contributed by atoms with Gasteiger partial charge in [0.2, 0.25) is 0 Å². The number of ether oxygens (including phenoxy) is 1. The molecule has 4 rings (SSSR count). The molecule has 1 aromatic carbocycles. The van der Waals surface area contributed by atoms with Crippen LogP contribution in [0.3, 0.4) is 0 Å². The van der Waals surface area contributed by atoms with Crippen LogP contribution in [0.4, 0.5) is 0 Å². The van der Waals surface area contributed by atoms with E-state index in [4.69, 9.17) is 4.74 Å². The van der Waals surface area contributed by atoms with Gasteiger partial charge in [-0.3, -0.25) is 4.79 Å². The normalized spacial score (nSPS) is 21.0. The van der Waals surface area contributed by atoms with Crippen molar-refractivity contribution in [1.82, 2.24) is 5.01 Å². The first kappa shape index (κ1) is 17.2. The van der Waals surface area contributed by atoms with Gasteiger partial charge >= 0.3 is 0 Å². The monoisotopic (exact) mass is 372 g/mol. The number of para-hydroxylation sites is 1. The van der Waals surface area contributed by atoms with Crippen LogP contribution >= 0.6 is 11.3 Å². The Morgan fingerprint density at radius 1 is 1.27 bits per heavy atom. The highest BCUT2D eigenvalue weighted by molar-refractivity contribution is 7.12. The number of hydrazone groups is 1. The third-order valence-corrected chi connectivity index (χ3v) is 5.79. The second-order valence-electron chi connectivity index (χ2n) is 6.58. The smallest absolute Gasteiger partial charge is 0.298 e. The van der Waals surface area contributed by atoms with Gasteiger partial charge in [-0.1, -0.05) is 24.3 Å². The van der Waals surface area contributed by atoms with Gasteiger partial charge in [0.1, 0.15) is 18.8 Å². The number of carbonyl (C=O) groups is 1. The summed E-state index contributed by atoms with van der Waals surface area (Å²) in [6, 6.07) is 10.9. The molecule has 0 spiro atoms. The molecule has 1 fully saturated rings. The summed E-state index contributed by atoms with van der Waals surface area (Å²) in [7, 11) is 0. The zero-order chi connectivity index (χ0) is 17.9. The number of carbonyl (C=O) groups excluding carboxylic acids is 1. The maximum absolute atomic E-state index is 13.0. The number of quaternary nitrogens is 1. The molecule has 26 heavy (non-hydrogen) atoms. The minimum Gasteiger partial charge on any atom is -0.508 e. The van der Waals surface area contributed by atoms with Crippen LogP contribution < -0.4 is 4.90 Å². The summed E-state index contributed by atoms with van der Waals surface area (Å²) < 4.78 is 5.37. The summed E-state index contributed by atoms with van der Waals surface area (Å²) in [5, 5.41) is 18.5. The van der Waals surface area contributed by atoms with E-state index in [0.29, 0.717) is 26.2 Å². The minimum absolute atomic E-state index is 0.0123. The van der Waals surface area contributed by atoms with Gasteiger partial charge in [-0.05, 0) is 17.5 Å². The van der Waals surface area contributed by atoms with Crippen molar-refractivity contribution in [3.8, 4) is 5.75 Å². The Morgan fingerprint density at radius 2 is 2.08 bits per heavy atom. The van der Waals surface area contributed by atoms with Crippen molar-refractivity contribution in [3.63, 3.8) is 0 Å². The quantitative estimate of drug-likeness (QED) is 0.843. The highest BCUT2D eigenvalue weighted by atomic mass is 32.1. The van der Waals surface area contributed by atoms with Crippen molar-refractivity contribution in [2.75, 3.05) is 32.8 Å². The fourth-order valence-electron chi connectivity index (χ4n) is 3.48. The van der Waals surface area contributed by atoms with Crippen molar-refractivity contribution in [2.45, 2.75) is 12.5 Å².